The molecule has 0 aliphatic carbocycles. The zero-order valence-corrected chi connectivity index (χ0v) is 6.63. The van der Waals surface area contributed by atoms with E-state index in [1.54, 1.807) is 31.2 Å². The van der Waals surface area contributed by atoms with E-state index in [0.29, 0.717) is 5.56 Å². The maximum atomic E-state index is 9.41. The van der Waals surface area contributed by atoms with Crippen molar-refractivity contribution in [2.24, 2.45) is 0 Å². The molecule has 2 nitrogen and oxygen atoms in total. The summed E-state index contributed by atoms with van der Waals surface area (Å²) in [5, 5.41) is 17.6. The summed E-state index contributed by atoms with van der Waals surface area (Å²) >= 11 is 0. The number of para-hydroxylation sites is 1. The van der Waals surface area contributed by atoms with E-state index >= 15 is 0 Å². The van der Waals surface area contributed by atoms with Crippen LogP contribution in [0, 0.1) is 30.1 Å². The van der Waals surface area contributed by atoms with Crippen LogP contribution in [0.25, 0.3) is 0 Å². The number of phenolic OH excluding ortho intramolecular Hbond substituents is 1. The zero-order valence-electron chi connectivity index (χ0n) is 6.63. The van der Waals surface area contributed by atoms with E-state index in [1.165, 1.54) is 0 Å². The van der Waals surface area contributed by atoms with Gasteiger partial charge >= 0.3 is 0 Å². The van der Waals surface area contributed by atoms with Crippen molar-refractivity contribution >= 4 is 0 Å². The van der Waals surface area contributed by atoms with Crippen LogP contribution in [0.1, 0.15) is 11.1 Å². The number of hydrogen-bond acceptors (Lipinski definition) is 2. The van der Waals surface area contributed by atoms with Crippen LogP contribution < -0.4 is 0 Å². The van der Waals surface area contributed by atoms with Gasteiger partial charge in [-0.05, 0) is 24.5 Å². The largest absolute Gasteiger partial charge is 0.506 e. The number of benzene rings is 1. The summed E-state index contributed by atoms with van der Waals surface area (Å²) in [6.07, 6.45) is 0. The Kier molecular flexibility index (Phi) is 2.35. The summed E-state index contributed by atoms with van der Waals surface area (Å²) < 4.78 is 0. The molecular formula is C10H7NO. The van der Waals surface area contributed by atoms with Gasteiger partial charge in [0.1, 0.15) is 5.75 Å². The number of aromatic hydroxyl groups is 1. The predicted molar refractivity (Wildman–Crippen MR) is 45.3 cm³/mol. The molecule has 1 aromatic carbocycles. The van der Waals surface area contributed by atoms with Crippen molar-refractivity contribution < 1.29 is 5.11 Å². The summed E-state index contributed by atoms with van der Waals surface area (Å²) in [5.74, 6) is 4.92. The number of phenols is 1. The van der Waals surface area contributed by atoms with Gasteiger partial charge in [-0.15, -0.1) is 0 Å². The Morgan fingerprint density at radius 3 is 2.83 bits per heavy atom. The van der Waals surface area contributed by atoms with Crippen molar-refractivity contribution in [1.29, 1.82) is 5.26 Å². The second kappa shape index (κ2) is 3.46. The predicted octanol–water partition coefficient (Wildman–Crippen LogP) is 1.58. The van der Waals surface area contributed by atoms with Gasteiger partial charge in [-0.3, -0.25) is 0 Å². The quantitative estimate of drug-likeness (QED) is 0.581. The van der Waals surface area contributed by atoms with Crippen LogP contribution in [0.15, 0.2) is 18.2 Å². The highest BCUT2D eigenvalue weighted by Gasteiger charge is 1.98. The molecule has 58 valence electrons. The summed E-state index contributed by atoms with van der Waals surface area (Å²) in [4.78, 5) is 0. The normalized spacial score (nSPS) is 8.00. The molecule has 0 atom stereocenters. The van der Waals surface area contributed by atoms with Crippen molar-refractivity contribution in [2.75, 3.05) is 0 Å². The van der Waals surface area contributed by atoms with Gasteiger partial charge in [0.2, 0.25) is 0 Å². The number of rotatable bonds is 0. The molecule has 0 saturated carbocycles. The molecule has 2 heteroatoms. The van der Waals surface area contributed by atoms with Crippen LogP contribution in [-0.2, 0) is 0 Å². The van der Waals surface area contributed by atoms with E-state index < -0.39 is 0 Å². The Labute approximate surface area is 71.1 Å². The molecular weight excluding hydrogens is 150 g/mol. The van der Waals surface area contributed by atoms with Gasteiger partial charge in [0.15, 0.2) is 6.07 Å². The van der Waals surface area contributed by atoms with Gasteiger partial charge in [-0.1, -0.05) is 12.1 Å². The molecule has 0 aliphatic rings. The molecule has 0 radical (unpaired) electrons. The minimum Gasteiger partial charge on any atom is -0.506 e. The lowest BCUT2D eigenvalue weighted by molar-refractivity contribution is 0.469. The smallest absolute Gasteiger partial charge is 0.152 e. The van der Waals surface area contributed by atoms with Crippen LogP contribution in [0.2, 0.25) is 0 Å². The Bertz CT molecular complexity index is 391. The highest BCUT2D eigenvalue weighted by atomic mass is 16.3. The molecule has 0 aliphatic heterocycles. The minimum absolute atomic E-state index is 0.153. The molecule has 0 saturated heterocycles. The SMILES string of the molecule is Cc1cccc(C#CC#N)c1O. The summed E-state index contributed by atoms with van der Waals surface area (Å²) in [7, 11) is 0. The summed E-state index contributed by atoms with van der Waals surface area (Å²) in [6.45, 7) is 1.78. The van der Waals surface area contributed by atoms with E-state index in [4.69, 9.17) is 5.26 Å². The first kappa shape index (κ1) is 8.17. The first-order valence-electron chi connectivity index (χ1n) is 3.44. The Hall–Kier alpha value is -1.93. The Morgan fingerprint density at radius 2 is 2.17 bits per heavy atom. The van der Waals surface area contributed by atoms with Gasteiger partial charge in [0, 0.05) is 5.92 Å². The van der Waals surface area contributed by atoms with E-state index in [0.717, 1.165) is 5.56 Å². The van der Waals surface area contributed by atoms with Crippen LogP contribution in [0.3, 0.4) is 0 Å². The average Bonchev–Trinajstić information content (AvgIpc) is 2.08. The van der Waals surface area contributed by atoms with Crippen molar-refractivity contribution in [3.8, 4) is 23.7 Å². The monoisotopic (exact) mass is 157 g/mol. The van der Waals surface area contributed by atoms with Crippen LogP contribution >= 0.6 is 0 Å². The zero-order chi connectivity index (χ0) is 8.97. The first-order chi connectivity index (χ1) is 5.75. The fourth-order valence-electron chi connectivity index (χ4n) is 0.855. The molecule has 0 spiro atoms. The second-order valence-electron chi connectivity index (χ2n) is 2.33. The lowest BCUT2D eigenvalue weighted by Gasteiger charge is -1.98. The van der Waals surface area contributed by atoms with Crippen LogP contribution in [-0.4, -0.2) is 5.11 Å². The Balaban J connectivity index is 3.19. The Morgan fingerprint density at radius 1 is 1.42 bits per heavy atom. The molecule has 0 heterocycles. The minimum atomic E-state index is 0.153. The second-order valence-corrected chi connectivity index (χ2v) is 2.33. The van der Waals surface area contributed by atoms with Crippen molar-refractivity contribution in [1.82, 2.24) is 0 Å². The van der Waals surface area contributed by atoms with Gasteiger partial charge in [-0.2, -0.15) is 5.26 Å². The maximum absolute atomic E-state index is 9.41. The lowest BCUT2D eigenvalue weighted by atomic mass is 10.1. The number of nitrogens with zero attached hydrogens (tertiary/aromatic N) is 1. The molecule has 1 rings (SSSR count). The number of aryl methyl sites for hydroxylation is 1. The third kappa shape index (κ3) is 1.56. The highest BCUT2D eigenvalue weighted by molar-refractivity contribution is 5.50. The van der Waals surface area contributed by atoms with Crippen LogP contribution in [0.5, 0.6) is 5.75 Å². The van der Waals surface area contributed by atoms with E-state index in [9.17, 15) is 5.11 Å². The molecule has 0 aromatic heterocycles. The molecule has 1 N–H and O–H groups in total. The number of hydrogen-bond donors (Lipinski definition) is 1. The maximum Gasteiger partial charge on any atom is 0.152 e. The molecule has 0 fully saturated rings. The van der Waals surface area contributed by atoms with Gasteiger partial charge < -0.3 is 5.11 Å². The van der Waals surface area contributed by atoms with Gasteiger partial charge in [0.05, 0.1) is 5.56 Å². The standard InChI is InChI=1S/C10H7NO/c1-8-4-2-5-9(10(8)12)6-3-7-11/h2,4-5,12H,1H3. The van der Waals surface area contributed by atoms with E-state index in [-0.39, 0.29) is 5.75 Å². The molecule has 0 bridgehead atoms. The summed E-state index contributed by atoms with van der Waals surface area (Å²) in [5.41, 5.74) is 1.26. The highest BCUT2D eigenvalue weighted by Crippen LogP contribution is 2.19. The van der Waals surface area contributed by atoms with Crippen LogP contribution in [0.4, 0.5) is 0 Å². The molecule has 0 unspecified atom stereocenters. The third-order valence-corrected chi connectivity index (χ3v) is 1.49. The first-order valence-corrected chi connectivity index (χ1v) is 3.44. The van der Waals surface area contributed by atoms with Crippen molar-refractivity contribution in [3.05, 3.63) is 29.3 Å². The van der Waals surface area contributed by atoms with Crippen molar-refractivity contribution in [2.45, 2.75) is 6.92 Å². The van der Waals surface area contributed by atoms with Gasteiger partial charge in [-0.25, -0.2) is 0 Å². The third-order valence-electron chi connectivity index (χ3n) is 1.49. The molecule has 1 aromatic rings. The van der Waals surface area contributed by atoms with Gasteiger partial charge in [0.25, 0.3) is 0 Å². The lowest BCUT2D eigenvalue weighted by Crippen LogP contribution is -1.79. The summed E-state index contributed by atoms with van der Waals surface area (Å²) in [6, 6.07) is 6.94. The topological polar surface area (TPSA) is 44.0 Å². The van der Waals surface area contributed by atoms with E-state index in [1.807, 2.05) is 0 Å². The fourth-order valence-corrected chi connectivity index (χ4v) is 0.855. The average molecular weight is 157 g/mol. The van der Waals surface area contributed by atoms with Crippen molar-refractivity contribution in [3.63, 3.8) is 0 Å². The fraction of sp³-hybridized carbons (Fsp3) is 0.100. The molecule has 0 amide bonds. The van der Waals surface area contributed by atoms with E-state index in [2.05, 4.69) is 11.8 Å². The molecule has 12 heavy (non-hydrogen) atoms. The number of nitriles is 1.